The Morgan fingerprint density at radius 1 is 1.05 bits per heavy atom. The van der Waals surface area contributed by atoms with Crippen LogP contribution in [0.1, 0.15) is 41.6 Å². The van der Waals surface area contributed by atoms with Gasteiger partial charge in [-0.25, -0.2) is 27.2 Å². The summed E-state index contributed by atoms with van der Waals surface area (Å²) < 4.78 is 56.8. The van der Waals surface area contributed by atoms with Gasteiger partial charge >= 0.3 is 0 Å². The van der Waals surface area contributed by atoms with Crippen molar-refractivity contribution in [1.29, 1.82) is 0 Å². The number of nitrogens with zero attached hydrogens (tertiary/aromatic N) is 3. The Labute approximate surface area is 218 Å². The first-order valence-corrected chi connectivity index (χ1v) is 13.7. The molecule has 1 aliphatic carbocycles. The largest absolute Gasteiger partial charge is 0.350 e. The van der Waals surface area contributed by atoms with E-state index in [-0.39, 0.29) is 41.2 Å². The molecule has 5 rings (SSSR count). The molecule has 3 aromatic rings. The zero-order chi connectivity index (χ0) is 26.9. The van der Waals surface area contributed by atoms with Gasteiger partial charge in [-0.15, -0.1) is 0 Å². The first-order chi connectivity index (χ1) is 18.2. The third kappa shape index (κ3) is 5.08. The number of carbonyl (C=O) groups excluding carboxylic acids is 2. The van der Waals surface area contributed by atoms with Gasteiger partial charge in [0.2, 0.25) is 15.9 Å². The Balaban J connectivity index is 1.41. The zero-order valence-electron chi connectivity index (χ0n) is 20.3. The number of halogens is 2. The van der Waals surface area contributed by atoms with Crippen molar-refractivity contribution < 1.29 is 26.8 Å². The molecule has 2 amide bonds. The minimum Gasteiger partial charge on any atom is -0.350 e. The zero-order valence-corrected chi connectivity index (χ0v) is 21.1. The van der Waals surface area contributed by atoms with Crippen molar-refractivity contribution in [2.75, 3.05) is 16.6 Å². The van der Waals surface area contributed by atoms with Gasteiger partial charge in [0.05, 0.1) is 17.0 Å². The number of amides is 2. The van der Waals surface area contributed by atoms with E-state index in [1.54, 1.807) is 6.07 Å². The SMILES string of the molecule is O=C(NC1(C(=O)NCc2ccc(-c3cccc(F)c3)c(N3CCCCS3(=O)=O)c2F)CC1)c1cncnc1. The number of hydrogen-bond donors (Lipinski definition) is 2. The summed E-state index contributed by atoms with van der Waals surface area (Å²) in [5.74, 6) is -2.45. The fourth-order valence-corrected chi connectivity index (χ4v) is 6.15. The molecule has 38 heavy (non-hydrogen) atoms. The molecule has 0 spiro atoms. The molecule has 0 radical (unpaired) electrons. The van der Waals surface area contributed by atoms with Crippen LogP contribution in [0.4, 0.5) is 14.5 Å². The van der Waals surface area contributed by atoms with Crippen LogP contribution >= 0.6 is 0 Å². The minimum atomic E-state index is -3.79. The number of rotatable bonds is 7. The van der Waals surface area contributed by atoms with Crippen LogP contribution in [0.2, 0.25) is 0 Å². The van der Waals surface area contributed by atoms with E-state index in [0.717, 1.165) is 4.31 Å². The summed E-state index contributed by atoms with van der Waals surface area (Å²) in [4.78, 5) is 33.0. The predicted molar refractivity (Wildman–Crippen MR) is 135 cm³/mol. The van der Waals surface area contributed by atoms with Crippen LogP contribution in [0.25, 0.3) is 11.1 Å². The summed E-state index contributed by atoms with van der Waals surface area (Å²) in [5.41, 5.74) is -0.450. The van der Waals surface area contributed by atoms with Crippen LogP contribution < -0.4 is 14.9 Å². The van der Waals surface area contributed by atoms with Gasteiger partial charge in [0.25, 0.3) is 5.91 Å². The van der Waals surface area contributed by atoms with Crippen LogP contribution in [0.15, 0.2) is 55.1 Å². The normalized spacial score (nSPS) is 17.5. The summed E-state index contributed by atoms with van der Waals surface area (Å²) >= 11 is 0. The number of anilines is 1. The smallest absolute Gasteiger partial charge is 0.255 e. The fourth-order valence-electron chi connectivity index (χ4n) is 4.50. The summed E-state index contributed by atoms with van der Waals surface area (Å²) in [5, 5.41) is 5.36. The molecule has 9 nitrogen and oxygen atoms in total. The van der Waals surface area contributed by atoms with Crippen LogP contribution in [-0.2, 0) is 21.4 Å². The van der Waals surface area contributed by atoms with Crippen LogP contribution in [0, 0.1) is 11.6 Å². The first kappa shape index (κ1) is 25.7. The highest BCUT2D eigenvalue weighted by Crippen LogP contribution is 2.39. The molecule has 2 heterocycles. The van der Waals surface area contributed by atoms with E-state index in [0.29, 0.717) is 31.2 Å². The third-order valence-corrected chi connectivity index (χ3v) is 8.57. The second-order valence-corrected chi connectivity index (χ2v) is 11.4. The molecule has 1 saturated heterocycles. The van der Waals surface area contributed by atoms with Crippen molar-refractivity contribution in [3.63, 3.8) is 0 Å². The second-order valence-electron chi connectivity index (χ2n) is 9.39. The van der Waals surface area contributed by atoms with Crippen molar-refractivity contribution >= 4 is 27.5 Å². The van der Waals surface area contributed by atoms with Gasteiger partial charge in [0.15, 0.2) is 5.82 Å². The molecule has 0 unspecified atom stereocenters. The number of carbonyl (C=O) groups is 2. The predicted octanol–water partition coefficient (Wildman–Crippen LogP) is 2.93. The maximum Gasteiger partial charge on any atom is 0.255 e. The van der Waals surface area contributed by atoms with E-state index in [1.165, 1.54) is 49.1 Å². The van der Waals surface area contributed by atoms with Crippen molar-refractivity contribution in [2.45, 2.75) is 37.8 Å². The lowest BCUT2D eigenvalue weighted by atomic mass is 10.00. The van der Waals surface area contributed by atoms with E-state index in [4.69, 9.17) is 0 Å². The Morgan fingerprint density at radius 3 is 2.50 bits per heavy atom. The average molecular weight is 542 g/mol. The molecular weight excluding hydrogens is 516 g/mol. The van der Waals surface area contributed by atoms with Crippen LogP contribution in [0.3, 0.4) is 0 Å². The second kappa shape index (κ2) is 10.1. The molecule has 0 bridgehead atoms. The van der Waals surface area contributed by atoms with Gasteiger partial charge in [-0.2, -0.15) is 0 Å². The third-order valence-electron chi connectivity index (χ3n) is 6.73. The van der Waals surface area contributed by atoms with E-state index in [1.807, 2.05) is 0 Å². The van der Waals surface area contributed by atoms with Crippen molar-refractivity contribution in [1.82, 2.24) is 20.6 Å². The molecule has 198 valence electrons. The maximum atomic E-state index is 16.0. The quantitative estimate of drug-likeness (QED) is 0.475. The van der Waals surface area contributed by atoms with E-state index in [9.17, 15) is 22.4 Å². The van der Waals surface area contributed by atoms with Crippen molar-refractivity contribution in [3.05, 3.63) is 77.9 Å². The molecule has 0 atom stereocenters. The topological polar surface area (TPSA) is 121 Å². The summed E-state index contributed by atoms with van der Waals surface area (Å²) in [6.45, 7) is -0.142. The van der Waals surface area contributed by atoms with Gasteiger partial charge in [-0.1, -0.05) is 24.3 Å². The van der Waals surface area contributed by atoms with Crippen molar-refractivity contribution in [3.8, 4) is 11.1 Å². The molecule has 2 N–H and O–H groups in total. The molecule has 12 heteroatoms. The lowest BCUT2D eigenvalue weighted by Crippen LogP contribution is -2.48. The standard InChI is InChI=1S/C26H25F2N5O4S/c27-20-5-3-4-17(12-20)21-7-6-18(22(28)23(21)33-10-1-2-11-38(33,36)37)15-31-25(35)26(8-9-26)32-24(34)19-13-29-16-30-14-19/h3-7,12-14,16H,1-2,8-11,15H2,(H,31,35)(H,32,34). The monoisotopic (exact) mass is 541 g/mol. The lowest BCUT2D eigenvalue weighted by Gasteiger charge is -2.31. The molecule has 2 fully saturated rings. The Hall–Kier alpha value is -3.93. The molecular formula is C26H25F2N5O4S. The number of sulfonamides is 1. The Bertz CT molecular complexity index is 1500. The molecule has 1 aromatic heterocycles. The number of benzene rings is 2. The highest BCUT2D eigenvalue weighted by atomic mass is 32.2. The van der Waals surface area contributed by atoms with E-state index >= 15 is 4.39 Å². The average Bonchev–Trinajstić information content (AvgIpc) is 3.69. The van der Waals surface area contributed by atoms with Crippen molar-refractivity contribution in [2.24, 2.45) is 0 Å². The van der Waals surface area contributed by atoms with Gasteiger partial charge in [0, 0.05) is 36.6 Å². The van der Waals surface area contributed by atoms with Gasteiger partial charge < -0.3 is 10.6 Å². The van der Waals surface area contributed by atoms with Gasteiger partial charge in [0.1, 0.15) is 17.7 Å². The highest BCUT2D eigenvalue weighted by molar-refractivity contribution is 7.92. The fraction of sp³-hybridized carbons (Fsp3) is 0.308. The molecule has 2 aliphatic rings. The number of nitrogens with one attached hydrogen (secondary N) is 2. The highest BCUT2D eigenvalue weighted by Gasteiger charge is 2.51. The summed E-state index contributed by atoms with van der Waals surface area (Å²) in [7, 11) is -3.79. The molecule has 1 saturated carbocycles. The van der Waals surface area contributed by atoms with Gasteiger partial charge in [-0.05, 0) is 43.4 Å². The number of aromatic nitrogens is 2. The summed E-state index contributed by atoms with van der Waals surface area (Å²) in [6, 6.07) is 8.48. The van der Waals surface area contributed by atoms with Gasteiger partial charge in [-0.3, -0.25) is 13.9 Å². The first-order valence-electron chi connectivity index (χ1n) is 12.1. The Morgan fingerprint density at radius 2 is 1.82 bits per heavy atom. The van der Waals surface area contributed by atoms with Crippen LogP contribution in [-0.4, -0.2) is 48.0 Å². The summed E-state index contributed by atoms with van der Waals surface area (Å²) in [6.07, 6.45) is 5.80. The van der Waals surface area contributed by atoms with Crippen LogP contribution in [0.5, 0.6) is 0 Å². The maximum absolute atomic E-state index is 16.0. The molecule has 1 aliphatic heterocycles. The Kier molecular flexibility index (Phi) is 6.82. The minimum absolute atomic E-state index is 0.0628. The number of hydrogen-bond acceptors (Lipinski definition) is 6. The lowest BCUT2D eigenvalue weighted by molar-refractivity contribution is -0.124. The molecule has 2 aromatic carbocycles. The van der Waals surface area contributed by atoms with E-state index in [2.05, 4.69) is 20.6 Å². The van der Waals surface area contributed by atoms with E-state index < -0.39 is 39.0 Å².